The van der Waals surface area contributed by atoms with Gasteiger partial charge >= 0.3 is 0 Å². The lowest BCUT2D eigenvalue weighted by molar-refractivity contribution is 0.0994. The van der Waals surface area contributed by atoms with Crippen molar-refractivity contribution < 1.29 is 9.21 Å². The number of hydrogen-bond donors (Lipinski definition) is 0. The molecule has 0 saturated heterocycles. The van der Waals surface area contributed by atoms with E-state index < -0.39 is 0 Å². The summed E-state index contributed by atoms with van der Waals surface area (Å²) in [6.07, 6.45) is 1.16. The fraction of sp³-hybridized carbons (Fsp3) is 0.400. The normalized spacial score (nSPS) is 12.8. The summed E-state index contributed by atoms with van der Waals surface area (Å²) in [5.74, 6) is 2.76. The number of rotatable bonds is 6. The van der Waals surface area contributed by atoms with Crippen molar-refractivity contribution in [3.05, 3.63) is 36.1 Å². The second-order valence-corrected chi connectivity index (χ2v) is 5.63. The van der Waals surface area contributed by atoms with E-state index in [0.29, 0.717) is 17.4 Å². The van der Waals surface area contributed by atoms with Crippen molar-refractivity contribution >= 4 is 28.5 Å². The van der Waals surface area contributed by atoms with E-state index >= 15 is 0 Å². The van der Waals surface area contributed by atoms with E-state index in [1.807, 2.05) is 30.3 Å². The number of hydrogen-bond acceptors (Lipinski definition) is 3. The average molecular weight is 262 g/mol. The maximum Gasteiger partial charge on any atom is 0.207 e. The van der Waals surface area contributed by atoms with Crippen molar-refractivity contribution in [1.82, 2.24) is 0 Å². The molecule has 0 N–H and O–H groups in total. The van der Waals surface area contributed by atoms with Crippen molar-refractivity contribution in [2.24, 2.45) is 5.92 Å². The Bertz CT molecular complexity index is 497. The first-order valence-electron chi connectivity index (χ1n) is 6.30. The molecule has 2 aromatic rings. The summed E-state index contributed by atoms with van der Waals surface area (Å²) in [6.45, 7) is 4.38. The Morgan fingerprint density at radius 1 is 1.39 bits per heavy atom. The van der Waals surface area contributed by atoms with Crippen LogP contribution in [0.2, 0.25) is 0 Å². The van der Waals surface area contributed by atoms with Gasteiger partial charge in [-0.3, -0.25) is 4.79 Å². The van der Waals surface area contributed by atoms with Crippen molar-refractivity contribution in [3.63, 3.8) is 0 Å². The molecule has 3 heteroatoms. The van der Waals surface area contributed by atoms with Gasteiger partial charge in [-0.25, -0.2) is 0 Å². The van der Waals surface area contributed by atoms with Gasteiger partial charge in [0.2, 0.25) is 5.78 Å². The van der Waals surface area contributed by atoms with Gasteiger partial charge in [-0.1, -0.05) is 38.5 Å². The second kappa shape index (κ2) is 6.10. The minimum absolute atomic E-state index is 0.0829. The van der Waals surface area contributed by atoms with Crippen molar-refractivity contribution in [2.45, 2.75) is 20.3 Å². The zero-order valence-corrected chi connectivity index (χ0v) is 11.6. The molecular formula is C15H18O2S. The average Bonchev–Trinajstić information content (AvgIpc) is 2.82. The highest BCUT2D eigenvalue weighted by Gasteiger charge is 2.12. The largest absolute Gasteiger partial charge is 0.453 e. The Morgan fingerprint density at radius 3 is 2.89 bits per heavy atom. The molecule has 0 bridgehead atoms. The number of benzene rings is 1. The number of carbonyl (C=O) groups excluding carboxylic acids is 1. The Morgan fingerprint density at radius 2 is 2.17 bits per heavy atom. The summed E-state index contributed by atoms with van der Waals surface area (Å²) in [7, 11) is 0. The van der Waals surface area contributed by atoms with E-state index in [0.717, 1.165) is 23.1 Å². The molecule has 1 atom stereocenters. The number of para-hydroxylation sites is 1. The highest BCUT2D eigenvalue weighted by atomic mass is 32.2. The fourth-order valence-electron chi connectivity index (χ4n) is 1.66. The number of Topliss-reactive ketones (excluding diaryl/α,β-unsaturated/α-hetero) is 1. The first-order valence-corrected chi connectivity index (χ1v) is 7.45. The lowest BCUT2D eigenvalue weighted by Crippen LogP contribution is -2.04. The third-order valence-corrected chi connectivity index (χ3v) is 4.30. The fourth-order valence-corrected chi connectivity index (χ4v) is 2.74. The Balaban J connectivity index is 1.96. The number of furan rings is 1. The quantitative estimate of drug-likeness (QED) is 0.723. The molecule has 1 aromatic heterocycles. The standard InChI is InChI=1S/C15H18O2S/c1-3-11(2)9-18-10-13(16)15-8-12-6-4-5-7-14(12)17-15/h4-8,11H,3,9-10H2,1-2H3. The summed E-state index contributed by atoms with van der Waals surface area (Å²) in [5.41, 5.74) is 0.785. The van der Waals surface area contributed by atoms with E-state index in [2.05, 4.69) is 13.8 Å². The van der Waals surface area contributed by atoms with Crippen LogP contribution in [0.3, 0.4) is 0 Å². The van der Waals surface area contributed by atoms with Crippen LogP contribution in [0.25, 0.3) is 11.0 Å². The zero-order chi connectivity index (χ0) is 13.0. The van der Waals surface area contributed by atoms with Crippen LogP contribution < -0.4 is 0 Å². The molecule has 1 heterocycles. The summed E-state index contributed by atoms with van der Waals surface area (Å²) in [5, 5.41) is 0.993. The van der Waals surface area contributed by atoms with Crippen LogP contribution in [0.15, 0.2) is 34.7 Å². The molecule has 96 valence electrons. The molecule has 0 saturated carbocycles. The Kier molecular flexibility index (Phi) is 4.48. The van der Waals surface area contributed by atoms with Gasteiger partial charge in [-0.2, -0.15) is 11.8 Å². The molecule has 0 aliphatic heterocycles. The van der Waals surface area contributed by atoms with Gasteiger partial charge in [-0.05, 0) is 23.8 Å². The van der Waals surface area contributed by atoms with Crippen LogP contribution in [0.5, 0.6) is 0 Å². The monoisotopic (exact) mass is 262 g/mol. The van der Waals surface area contributed by atoms with Gasteiger partial charge in [0, 0.05) is 5.39 Å². The van der Waals surface area contributed by atoms with Gasteiger partial charge in [0.25, 0.3) is 0 Å². The van der Waals surface area contributed by atoms with Gasteiger partial charge < -0.3 is 4.42 Å². The van der Waals surface area contributed by atoms with Crippen LogP contribution in [0, 0.1) is 5.92 Å². The lowest BCUT2D eigenvalue weighted by Gasteiger charge is -2.05. The van der Waals surface area contributed by atoms with Gasteiger partial charge in [0.15, 0.2) is 5.76 Å². The molecule has 0 fully saturated rings. The second-order valence-electron chi connectivity index (χ2n) is 4.60. The Labute approximate surface area is 112 Å². The minimum atomic E-state index is 0.0829. The summed E-state index contributed by atoms with van der Waals surface area (Å²) < 4.78 is 5.55. The molecular weight excluding hydrogens is 244 g/mol. The molecule has 0 radical (unpaired) electrons. The zero-order valence-electron chi connectivity index (χ0n) is 10.8. The SMILES string of the molecule is CCC(C)CSCC(=O)c1cc2ccccc2o1. The number of fused-ring (bicyclic) bond motifs is 1. The molecule has 1 unspecified atom stereocenters. The smallest absolute Gasteiger partial charge is 0.207 e. The third kappa shape index (κ3) is 3.16. The van der Waals surface area contributed by atoms with Gasteiger partial charge in [0.05, 0.1) is 5.75 Å². The van der Waals surface area contributed by atoms with Crippen LogP contribution in [-0.2, 0) is 0 Å². The van der Waals surface area contributed by atoms with E-state index in [1.165, 1.54) is 0 Å². The van der Waals surface area contributed by atoms with Crippen LogP contribution in [0.4, 0.5) is 0 Å². The van der Waals surface area contributed by atoms with Gasteiger partial charge in [-0.15, -0.1) is 0 Å². The van der Waals surface area contributed by atoms with E-state index in [4.69, 9.17) is 4.42 Å². The number of ketones is 1. The first-order chi connectivity index (χ1) is 8.70. The molecule has 0 aliphatic carbocycles. The maximum absolute atomic E-state index is 12.0. The summed E-state index contributed by atoms with van der Waals surface area (Å²) >= 11 is 1.69. The molecule has 2 rings (SSSR count). The predicted octanol–water partition coefficient (Wildman–Crippen LogP) is 4.39. The highest BCUT2D eigenvalue weighted by Crippen LogP contribution is 2.20. The number of carbonyl (C=O) groups is 1. The van der Waals surface area contributed by atoms with E-state index in [9.17, 15) is 4.79 Å². The van der Waals surface area contributed by atoms with Crippen molar-refractivity contribution in [1.29, 1.82) is 0 Å². The van der Waals surface area contributed by atoms with E-state index in [1.54, 1.807) is 11.8 Å². The maximum atomic E-state index is 12.0. The third-order valence-electron chi connectivity index (χ3n) is 3.03. The lowest BCUT2D eigenvalue weighted by atomic mass is 10.2. The molecule has 0 aliphatic rings. The first kappa shape index (κ1) is 13.2. The minimum Gasteiger partial charge on any atom is -0.453 e. The summed E-state index contributed by atoms with van der Waals surface area (Å²) in [4.78, 5) is 12.0. The van der Waals surface area contributed by atoms with Crippen molar-refractivity contribution in [3.8, 4) is 0 Å². The van der Waals surface area contributed by atoms with Crippen LogP contribution >= 0.6 is 11.8 Å². The van der Waals surface area contributed by atoms with Crippen LogP contribution in [0.1, 0.15) is 30.8 Å². The van der Waals surface area contributed by atoms with Crippen LogP contribution in [-0.4, -0.2) is 17.3 Å². The van der Waals surface area contributed by atoms with Crippen molar-refractivity contribution in [2.75, 3.05) is 11.5 Å². The predicted molar refractivity (Wildman–Crippen MR) is 77.3 cm³/mol. The molecule has 0 amide bonds. The number of thioether (sulfide) groups is 1. The molecule has 0 spiro atoms. The highest BCUT2D eigenvalue weighted by molar-refractivity contribution is 7.99. The topological polar surface area (TPSA) is 30.2 Å². The molecule has 2 nitrogen and oxygen atoms in total. The Hall–Kier alpha value is -1.22. The molecule has 1 aromatic carbocycles. The van der Waals surface area contributed by atoms with Gasteiger partial charge in [0.1, 0.15) is 5.58 Å². The van der Waals surface area contributed by atoms with E-state index in [-0.39, 0.29) is 5.78 Å². The molecule has 18 heavy (non-hydrogen) atoms. The summed E-state index contributed by atoms with van der Waals surface area (Å²) in [6, 6.07) is 9.54.